The largest absolute Gasteiger partial charge is 0.339 e. The molecule has 0 radical (unpaired) electrons. The molecule has 2 amide bonds. The van der Waals surface area contributed by atoms with Crippen molar-refractivity contribution in [1.29, 1.82) is 0 Å². The Morgan fingerprint density at radius 3 is 2.58 bits per heavy atom. The number of likely N-dealkylation sites (tertiary alicyclic amines) is 2. The van der Waals surface area contributed by atoms with Crippen LogP contribution in [0.2, 0.25) is 0 Å². The Morgan fingerprint density at radius 2 is 1.92 bits per heavy atom. The van der Waals surface area contributed by atoms with Crippen molar-refractivity contribution in [3.8, 4) is 0 Å². The average Bonchev–Trinajstić information content (AvgIpc) is 3.02. The molecule has 1 aromatic rings. The fraction of sp³-hybridized carbons (Fsp3) is 0.619. The summed E-state index contributed by atoms with van der Waals surface area (Å²) in [6.07, 6.45) is 3.20. The molecule has 1 unspecified atom stereocenters. The molecule has 3 atom stereocenters. The topological polar surface area (TPSA) is 66.6 Å². The van der Waals surface area contributed by atoms with Gasteiger partial charge in [0.1, 0.15) is 6.04 Å². The number of piperidine rings is 1. The summed E-state index contributed by atoms with van der Waals surface area (Å²) in [7, 11) is 0. The fourth-order valence-corrected chi connectivity index (χ4v) is 4.24. The van der Waals surface area contributed by atoms with Gasteiger partial charge in [-0.1, -0.05) is 44.2 Å². The van der Waals surface area contributed by atoms with Crippen molar-refractivity contribution in [3.63, 3.8) is 0 Å². The van der Waals surface area contributed by atoms with E-state index >= 15 is 0 Å². The van der Waals surface area contributed by atoms with E-state index in [4.69, 9.17) is 5.73 Å². The number of nitrogens with two attached hydrogens (primary N) is 1. The van der Waals surface area contributed by atoms with E-state index in [1.807, 2.05) is 28.0 Å². The smallest absolute Gasteiger partial charge is 0.245 e. The van der Waals surface area contributed by atoms with Crippen LogP contribution >= 0.6 is 0 Å². The van der Waals surface area contributed by atoms with Crippen LogP contribution in [0, 0.1) is 5.92 Å². The SMILES string of the molecule is CC(C)CC(C(=O)N1C[C@@H](N)[C@H](c2ccccc2)C1)N1CCCCC1=O. The van der Waals surface area contributed by atoms with Gasteiger partial charge in [0.15, 0.2) is 0 Å². The van der Waals surface area contributed by atoms with E-state index in [-0.39, 0.29) is 29.8 Å². The first-order valence-electron chi connectivity index (χ1n) is 9.86. The van der Waals surface area contributed by atoms with E-state index in [1.54, 1.807) is 0 Å². The minimum Gasteiger partial charge on any atom is -0.339 e. The molecule has 3 rings (SSSR count). The first-order chi connectivity index (χ1) is 12.5. The molecule has 5 nitrogen and oxygen atoms in total. The maximum atomic E-state index is 13.3. The molecular weight excluding hydrogens is 326 g/mol. The number of benzene rings is 1. The monoisotopic (exact) mass is 357 g/mol. The van der Waals surface area contributed by atoms with Gasteiger partial charge in [0.2, 0.25) is 11.8 Å². The highest BCUT2D eigenvalue weighted by molar-refractivity contribution is 5.88. The first-order valence-corrected chi connectivity index (χ1v) is 9.86. The van der Waals surface area contributed by atoms with Gasteiger partial charge in [0, 0.05) is 38.0 Å². The summed E-state index contributed by atoms with van der Waals surface area (Å²) in [6, 6.07) is 9.79. The Kier molecular flexibility index (Phi) is 5.97. The van der Waals surface area contributed by atoms with Crippen LogP contribution in [0.25, 0.3) is 0 Å². The predicted molar refractivity (Wildman–Crippen MR) is 103 cm³/mol. The number of hydrogen-bond donors (Lipinski definition) is 1. The lowest BCUT2D eigenvalue weighted by Crippen LogP contribution is -2.52. The zero-order valence-corrected chi connectivity index (χ0v) is 15.9. The zero-order valence-electron chi connectivity index (χ0n) is 15.9. The van der Waals surface area contributed by atoms with Crippen LogP contribution in [0.1, 0.15) is 51.0 Å². The maximum absolute atomic E-state index is 13.3. The van der Waals surface area contributed by atoms with Crippen LogP contribution in [0.5, 0.6) is 0 Å². The second-order valence-corrected chi connectivity index (χ2v) is 8.11. The van der Waals surface area contributed by atoms with Gasteiger partial charge in [0.25, 0.3) is 0 Å². The van der Waals surface area contributed by atoms with Crippen LogP contribution in [0.4, 0.5) is 0 Å². The molecule has 0 saturated carbocycles. The molecule has 26 heavy (non-hydrogen) atoms. The third-order valence-electron chi connectivity index (χ3n) is 5.62. The van der Waals surface area contributed by atoms with Crippen LogP contribution in [-0.4, -0.2) is 53.3 Å². The number of hydrogen-bond acceptors (Lipinski definition) is 3. The third kappa shape index (κ3) is 4.09. The number of carbonyl (C=O) groups excluding carboxylic acids is 2. The Morgan fingerprint density at radius 1 is 1.19 bits per heavy atom. The molecule has 2 N–H and O–H groups in total. The molecule has 0 aliphatic carbocycles. The predicted octanol–water partition coefficient (Wildman–Crippen LogP) is 2.37. The standard InChI is InChI=1S/C21H31N3O2/c1-15(2)12-19(24-11-7-6-10-20(24)25)21(26)23-13-17(18(22)14-23)16-8-4-3-5-9-16/h3-5,8-9,15,17-19H,6-7,10-14,22H2,1-2H3/t17-,18+,19?/m0/s1. The molecule has 142 valence electrons. The normalized spacial score (nSPS) is 25.0. The molecule has 5 heteroatoms. The van der Waals surface area contributed by atoms with Gasteiger partial charge in [-0.05, 0) is 30.7 Å². The van der Waals surface area contributed by atoms with Crippen molar-refractivity contribution in [2.45, 2.75) is 57.5 Å². The van der Waals surface area contributed by atoms with Crippen molar-refractivity contribution >= 4 is 11.8 Å². The lowest BCUT2D eigenvalue weighted by Gasteiger charge is -2.36. The van der Waals surface area contributed by atoms with Gasteiger partial charge < -0.3 is 15.5 Å². The molecule has 0 bridgehead atoms. The lowest BCUT2D eigenvalue weighted by molar-refractivity contribution is -0.147. The van der Waals surface area contributed by atoms with E-state index in [0.717, 1.165) is 12.8 Å². The van der Waals surface area contributed by atoms with Crippen molar-refractivity contribution in [3.05, 3.63) is 35.9 Å². The molecule has 2 saturated heterocycles. The molecule has 2 aliphatic rings. The second-order valence-electron chi connectivity index (χ2n) is 8.11. The average molecular weight is 357 g/mol. The van der Waals surface area contributed by atoms with Crippen LogP contribution in [0.15, 0.2) is 30.3 Å². The molecule has 1 aromatic carbocycles. The van der Waals surface area contributed by atoms with E-state index in [1.165, 1.54) is 5.56 Å². The highest BCUT2D eigenvalue weighted by Crippen LogP contribution is 2.29. The number of amides is 2. The third-order valence-corrected chi connectivity index (χ3v) is 5.62. The first kappa shape index (κ1) is 18.9. The Bertz CT molecular complexity index is 631. The molecule has 0 spiro atoms. The minimum atomic E-state index is -0.343. The summed E-state index contributed by atoms with van der Waals surface area (Å²) >= 11 is 0. The summed E-state index contributed by atoms with van der Waals surface area (Å²) < 4.78 is 0. The Hall–Kier alpha value is -1.88. The molecule has 2 heterocycles. The van der Waals surface area contributed by atoms with Crippen LogP contribution in [-0.2, 0) is 9.59 Å². The van der Waals surface area contributed by atoms with Gasteiger partial charge in [0.05, 0.1) is 0 Å². The van der Waals surface area contributed by atoms with Gasteiger partial charge in [-0.2, -0.15) is 0 Å². The fourth-order valence-electron chi connectivity index (χ4n) is 4.24. The van der Waals surface area contributed by atoms with Crippen LogP contribution < -0.4 is 5.73 Å². The quantitative estimate of drug-likeness (QED) is 0.880. The van der Waals surface area contributed by atoms with E-state index < -0.39 is 0 Å². The van der Waals surface area contributed by atoms with E-state index in [0.29, 0.717) is 38.4 Å². The maximum Gasteiger partial charge on any atom is 0.245 e. The van der Waals surface area contributed by atoms with Crippen molar-refractivity contribution < 1.29 is 9.59 Å². The number of nitrogens with zero attached hydrogens (tertiary/aromatic N) is 2. The van der Waals surface area contributed by atoms with Gasteiger partial charge in [-0.3, -0.25) is 9.59 Å². The van der Waals surface area contributed by atoms with Gasteiger partial charge in [-0.15, -0.1) is 0 Å². The highest BCUT2D eigenvalue weighted by atomic mass is 16.2. The van der Waals surface area contributed by atoms with Gasteiger partial charge >= 0.3 is 0 Å². The summed E-state index contributed by atoms with van der Waals surface area (Å²) in [4.78, 5) is 29.5. The summed E-state index contributed by atoms with van der Waals surface area (Å²) in [6.45, 7) is 6.12. The highest BCUT2D eigenvalue weighted by Gasteiger charge is 2.39. The summed E-state index contributed by atoms with van der Waals surface area (Å²) in [5.41, 5.74) is 7.56. The molecular formula is C21H31N3O2. The number of rotatable bonds is 5. The van der Waals surface area contributed by atoms with Gasteiger partial charge in [-0.25, -0.2) is 0 Å². The van der Waals surface area contributed by atoms with Crippen molar-refractivity contribution in [1.82, 2.24) is 9.80 Å². The second kappa shape index (κ2) is 8.21. The molecule has 2 aliphatic heterocycles. The summed E-state index contributed by atoms with van der Waals surface area (Å²) in [5, 5.41) is 0. The van der Waals surface area contributed by atoms with Crippen LogP contribution in [0.3, 0.4) is 0 Å². The minimum absolute atomic E-state index is 0.0573. The Labute approximate surface area is 156 Å². The molecule has 0 aromatic heterocycles. The van der Waals surface area contributed by atoms with Crippen molar-refractivity contribution in [2.75, 3.05) is 19.6 Å². The zero-order chi connectivity index (χ0) is 18.7. The summed E-state index contributed by atoms with van der Waals surface area (Å²) in [5.74, 6) is 0.720. The van der Waals surface area contributed by atoms with E-state index in [2.05, 4.69) is 26.0 Å². The lowest BCUT2D eigenvalue weighted by atomic mass is 9.95. The number of carbonyl (C=O) groups is 2. The Balaban J connectivity index is 1.75. The van der Waals surface area contributed by atoms with Crippen molar-refractivity contribution in [2.24, 2.45) is 11.7 Å². The van der Waals surface area contributed by atoms with E-state index in [9.17, 15) is 9.59 Å². The molecule has 2 fully saturated rings.